The molecule has 1 saturated heterocycles. The van der Waals surface area contributed by atoms with Crippen LogP contribution in [0.1, 0.15) is 11.8 Å². The number of hydrogen-bond acceptors (Lipinski definition) is 4. The van der Waals surface area contributed by atoms with Crippen LogP contribution in [0.3, 0.4) is 0 Å². The maximum absolute atomic E-state index is 10.9. The lowest BCUT2D eigenvalue weighted by molar-refractivity contribution is -0.143. The number of rotatable bonds is 4. The molecule has 17 heavy (non-hydrogen) atoms. The predicted octanol–water partition coefficient (Wildman–Crippen LogP) is 1.34. The van der Waals surface area contributed by atoms with Crippen LogP contribution in [-0.4, -0.2) is 53.1 Å². The average molecular weight is 254 g/mol. The third-order valence-corrected chi connectivity index (χ3v) is 4.13. The van der Waals surface area contributed by atoms with E-state index >= 15 is 0 Å². The Bertz CT molecular complexity index is 359. The van der Waals surface area contributed by atoms with E-state index in [4.69, 9.17) is 5.11 Å². The zero-order valence-electron chi connectivity index (χ0n) is 10.0. The Labute approximate surface area is 105 Å². The Hall–Kier alpha value is -0.910. The SMILES string of the molecule is CC(C(=O)O)N1CCN(Cc2cccs2)CC1. The summed E-state index contributed by atoms with van der Waals surface area (Å²) >= 11 is 1.78. The lowest BCUT2D eigenvalue weighted by Gasteiger charge is -2.36. The first-order valence-corrected chi connectivity index (χ1v) is 6.76. The molecule has 1 aliphatic heterocycles. The molecule has 2 rings (SSSR count). The van der Waals surface area contributed by atoms with Gasteiger partial charge in [0.25, 0.3) is 0 Å². The van der Waals surface area contributed by atoms with E-state index in [0.717, 1.165) is 32.7 Å². The van der Waals surface area contributed by atoms with Gasteiger partial charge in [-0.05, 0) is 18.4 Å². The molecule has 94 valence electrons. The molecule has 1 aliphatic rings. The molecule has 0 amide bonds. The summed E-state index contributed by atoms with van der Waals surface area (Å²) < 4.78 is 0. The number of nitrogens with zero attached hydrogens (tertiary/aromatic N) is 2. The second-order valence-corrected chi connectivity index (χ2v) is 5.44. The van der Waals surface area contributed by atoms with Crippen LogP contribution < -0.4 is 0 Å². The van der Waals surface area contributed by atoms with Gasteiger partial charge in [0.05, 0.1) is 0 Å². The van der Waals surface area contributed by atoms with E-state index in [0.29, 0.717) is 0 Å². The van der Waals surface area contributed by atoms with Crippen LogP contribution in [0.5, 0.6) is 0 Å². The van der Waals surface area contributed by atoms with Crippen molar-refractivity contribution in [2.45, 2.75) is 19.5 Å². The summed E-state index contributed by atoms with van der Waals surface area (Å²) in [5.74, 6) is -0.725. The maximum Gasteiger partial charge on any atom is 0.320 e. The Morgan fingerprint density at radius 1 is 1.47 bits per heavy atom. The molecule has 0 spiro atoms. The minimum atomic E-state index is -0.725. The minimum absolute atomic E-state index is 0.362. The first-order chi connectivity index (χ1) is 8.16. The summed E-state index contributed by atoms with van der Waals surface area (Å²) in [7, 11) is 0. The fraction of sp³-hybridized carbons (Fsp3) is 0.583. The van der Waals surface area contributed by atoms with Crippen LogP contribution in [-0.2, 0) is 11.3 Å². The smallest absolute Gasteiger partial charge is 0.320 e. The van der Waals surface area contributed by atoms with E-state index in [-0.39, 0.29) is 6.04 Å². The molecule has 0 aromatic carbocycles. The van der Waals surface area contributed by atoms with Gasteiger partial charge in [0.2, 0.25) is 0 Å². The van der Waals surface area contributed by atoms with E-state index in [9.17, 15) is 4.79 Å². The first-order valence-electron chi connectivity index (χ1n) is 5.88. The highest BCUT2D eigenvalue weighted by Gasteiger charge is 2.24. The number of hydrogen-bond donors (Lipinski definition) is 1. The standard InChI is InChI=1S/C12H18N2O2S/c1-10(12(15)16)14-6-4-13(5-7-14)9-11-3-2-8-17-11/h2-3,8,10H,4-7,9H2,1H3,(H,15,16). The molecule has 0 aliphatic carbocycles. The lowest BCUT2D eigenvalue weighted by Crippen LogP contribution is -2.51. The average Bonchev–Trinajstić information content (AvgIpc) is 2.82. The highest BCUT2D eigenvalue weighted by Crippen LogP contribution is 2.14. The first kappa shape index (κ1) is 12.5. The topological polar surface area (TPSA) is 43.8 Å². The molecule has 1 unspecified atom stereocenters. The normalized spacial score (nSPS) is 20.3. The summed E-state index contributed by atoms with van der Waals surface area (Å²) in [5.41, 5.74) is 0. The van der Waals surface area contributed by atoms with Gasteiger partial charge < -0.3 is 5.11 Å². The van der Waals surface area contributed by atoms with E-state index in [1.807, 2.05) is 4.90 Å². The van der Waals surface area contributed by atoms with Crippen molar-refractivity contribution in [3.8, 4) is 0 Å². The molecule has 1 N–H and O–H groups in total. The Kier molecular flexibility index (Phi) is 4.15. The number of piperazine rings is 1. The van der Waals surface area contributed by atoms with E-state index in [1.165, 1.54) is 4.88 Å². The summed E-state index contributed by atoms with van der Waals surface area (Å²) in [6.45, 7) is 6.35. The molecule has 0 saturated carbocycles. The van der Waals surface area contributed by atoms with Gasteiger partial charge in [-0.15, -0.1) is 11.3 Å². The van der Waals surface area contributed by atoms with E-state index in [1.54, 1.807) is 18.3 Å². The van der Waals surface area contributed by atoms with Crippen LogP contribution >= 0.6 is 11.3 Å². The maximum atomic E-state index is 10.9. The van der Waals surface area contributed by atoms with Gasteiger partial charge in [0.1, 0.15) is 6.04 Å². The molecular weight excluding hydrogens is 236 g/mol. The fourth-order valence-electron chi connectivity index (χ4n) is 2.09. The summed E-state index contributed by atoms with van der Waals surface area (Å²) in [6.07, 6.45) is 0. The van der Waals surface area contributed by atoms with Crippen LogP contribution in [0.15, 0.2) is 17.5 Å². The predicted molar refractivity (Wildman–Crippen MR) is 68.3 cm³/mol. The molecule has 0 bridgehead atoms. The van der Waals surface area contributed by atoms with Crippen molar-refractivity contribution < 1.29 is 9.90 Å². The quantitative estimate of drug-likeness (QED) is 0.880. The van der Waals surface area contributed by atoms with Crippen molar-refractivity contribution in [2.24, 2.45) is 0 Å². The van der Waals surface area contributed by atoms with Crippen molar-refractivity contribution in [1.29, 1.82) is 0 Å². The third-order valence-electron chi connectivity index (χ3n) is 3.27. The number of thiophene rings is 1. The number of carbonyl (C=O) groups is 1. The number of aliphatic carboxylic acids is 1. The summed E-state index contributed by atoms with van der Waals surface area (Å²) in [5, 5.41) is 11.0. The Morgan fingerprint density at radius 2 is 2.18 bits per heavy atom. The van der Waals surface area contributed by atoms with Crippen LogP contribution in [0, 0.1) is 0 Å². The molecule has 1 aromatic rings. The molecule has 5 heteroatoms. The lowest BCUT2D eigenvalue weighted by atomic mass is 10.2. The number of carboxylic acid groups (broad SMARTS) is 1. The summed E-state index contributed by atoms with van der Waals surface area (Å²) in [4.78, 5) is 16.7. The highest BCUT2D eigenvalue weighted by atomic mass is 32.1. The van der Waals surface area contributed by atoms with Crippen LogP contribution in [0.25, 0.3) is 0 Å². The van der Waals surface area contributed by atoms with Crippen molar-refractivity contribution >= 4 is 17.3 Å². The summed E-state index contributed by atoms with van der Waals surface area (Å²) in [6, 6.07) is 3.86. The van der Waals surface area contributed by atoms with E-state index < -0.39 is 5.97 Å². The molecule has 1 fully saturated rings. The van der Waals surface area contributed by atoms with Crippen molar-refractivity contribution in [3.63, 3.8) is 0 Å². The molecule has 4 nitrogen and oxygen atoms in total. The van der Waals surface area contributed by atoms with Gasteiger partial charge in [-0.25, -0.2) is 0 Å². The van der Waals surface area contributed by atoms with Gasteiger partial charge in [-0.1, -0.05) is 6.07 Å². The van der Waals surface area contributed by atoms with Gasteiger partial charge in [-0.2, -0.15) is 0 Å². The molecule has 1 aromatic heterocycles. The molecule has 2 heterocycles. The monoisotopic (exact) mass is 254 g/mol. The fourth-order valence-corrected chi connectivity index (χ4v) is 2.83. The second kappa shape index (κ2) is 5.62. The van der Waals surface area contributed by atoms with Crippen molar-refractivity contribution in [1.82, 2.24) is 9.80 Å². The number of carboxylic acids is 1. The molecular formula is C12H18N2O2S. The van der Waals surface area contributed by atoms with Crippen LogP contribution in [0.2, 0.25) is 0 Å². The third kappa shape index (κ3) is 3.28. The largest absolute Gasteiger partial charge is 0.480 e. The van der Waals surface area contributed by atoms with Crippen molar-refractivity contribution in [2.75, 3.05) is 26.2 Å². The Balaban J connectivity index is 1.80. The second-order valence-electron chi connectivity index (χ2n) is 4.41. The molecule has 1 atom stereocenters. The van der Waals surface area contributed by atoms with Crippen molar-refractivity contribution in [3.05, 3.63) is 22.4 Å². The van der Waals surface area contributed by atoms with Crippen LogP contribution in [0.4, 0.5) is 0 Å². The Morgan fingerprint density at radius 3 is 2.71 bits per heavy atom. The van der Waals surface area contributed by atoms with Gasteiger partial charge in [-0.3, -0.25) is 14.6 Å². The zero-order valence-corrected chi connectivity index (χ0v) is 10.8. The minimum Gasteiger partial charge on any atom is -0.480 e. The van der Waals surface area contributed by atoms with Gasteiger partial charge in [0, 0.05) is 37.6 Å². The van der Waals surface area contributed by atoms with Gasteiger partial charge >= 0.3 is 5.97 Å². The van der Waals surface area contributed by atoms with Gasteiger partial charge in [0.15, 0.2) is 0 Å². The van der Waals surface area contributed by atoms with E-state index in [2.05, 4.69) is 22.4 Å². The highest BCUT2D eigenvalue weighted by molar-refractivity contribution is 7.09. The molecule has 0 radical (unpaired) electrons. The zero-order chi connectivity index (χ0) is 12.3.